The SMILES string of the molecule is Cc1nc(-c2cccs2)sc1C(=O)N1CCC(C(=O)O)(C(C)C)C1. The highest BCUT2D eigenvalue weighted by Crippen LogP contribution is 2.40. The minimum absolute atomic E-state index is 0.0166. The van der Waals surface area contributed by atoms with Crippen molar-refractivity contribution in [1.82, 2.24) is 9.88 Å². The molecule has 1 unspecified atom stereocenters. The fourth-order valence-corrected chi connectivity index (χ4v) is 4.97. The molecule has 3 heterocycles. The molecule has 0 spiro atoms. The van der Waals surface area contributed by atoms with E-state index in [4.69, 9.17) is 0 Å². The number of carboxylic acid groups (broad SMARTS) is 1. The number of hydrogen-bond donors (Lipinski definition) is 1. The van der Waals surface area contributed by atoms with E-state index < -0.39 is 11.4 Å². The summed E-state index contributed by atoms with van der Waals surface area (Å²) in [6, 6.07) is 3.95. The molecule has 3 rings (SSSR count). The van der Waals surface area contributed by atoms with E-state index in [9.17, 15) is 14.7 Å². The van der Waals surface area contributed by atoms with Gasteiger partial charge < -0.3 is 10.0 Å². The largest absolute Gasteiger partial charge is 0.481 e. The molecule has 0 bridgehead atoms. The number of thiophene rings is 1. The van der Waals surface area contributed by atoms with Crippen LogP contribution in [-0.4, -0.2) is 40.0 Å². The predicted octanol–water partition coefficient (Wildman–Crippen LogP) is 3.75. The maximum Gasteiger partial charge on any atom is 0.311 e. The summed E-state index contributed by atoms with van der Waals surface area (Å²) in [6.45, 7) is 6.41. The number of aromatic nitrogens is 1. The number of thiazole rings is 1. The van der Waals surface area contributed by atoms with Gasteiger partial charge in [0.05, 0.1) is 16.0 Å². The molecule has 1 aliphatic rings. The van der Waals surface area contributed by atoms with Crippen LogP contribution in [0.1, 0.15) is 35.6 Å². The first-order chi connectivity index (χ1) is 11.3. The number of likely N-dealkylation sites (tertiary alicyclic amines) is 1. The Morgan fingerprint density at radius 2 is 2.17 bits per heavy atom. The number of rotatable bonds is 4. The number of carbonyl (C=O) groups is 2. The van der Waals surface area contributed by atoms with E-state index in [2.05, 4.69) is 4.98 Å². The van der Waals surface area contributed by atoms with E-state index in [-0.39, 0.29) is 18.4 Å². The smallest absolute Gasteiger partial charge is 0.311 e. The maximum absolute atomic E-state index is 12.9. The third kappa shape index (κ3) is 2.75. The number of nitrogens with zero attached hydrogens (tertiary/aromatic N) is 2. The van der Waals surface area contributed by atoms with Gasteiger partial charge >= 0.3 is 5.97 Å². The lowest BCUT2D eigenvalue weighted by atomic mass is 9.76. The average molecular weight is 364 g/mol. The van der Waals surface area contributed by atoms with Gasteiger partial charge in [-0.05, 0) is 30.7 Å². The van der Waals surface area contributed by atoms with E-state index in [0.717, 1.165) is 9.88 Å². The Bertz CT molecular complexity index is 767. The Hall–Kier alpha value is -1.73. The molecule has 1 aliphatic heterocycles. The molecule has 0 radical (unpaired) electrons. The zero-order chi connectivity index (χ0) is 17.5. The fourth-order valence-electron chi connectivity index (χ4n) is 3.14. The van der Waals surface area contributed by atoms with Crippen LogP contribution in [0.2, 0.25) is 0 Å². The molecule has 128 valence electrons. The van der Waals surface area contributed by atoms with Crippen molar-refractivity contribution in [3.63, 3.8) is 0 Å². The van der Waals surface area contributed by atoms with Crippen LogP contribution in [0.15, 0.2) is 17.5 Å². The van der Waals surface area contributed by atoms with Crippen molar-refractivity contribution in [1.29, 1.82) is 0 Å². The molecule has 1 N–H and O–H groups in total. The van der Waals surface area contributed by atoms with Gasteiger partial charge in [-0.2, -0.15) is 0 Å². The highest BCUT2D eigenvalue weighted by atomic mass is 32.1. The Labute approximate surface area is 149 Å². The Morgan fingerprint density at radius 3 is 2.71 bits per heavy atom. The van der Waals surface area contributed by atoms with E-state index >= 15 is 0 Å². The van der Waals surface area contributed by atoms with Gasteiger partial charge in [-0.3, -0.25) is 9.59 Å². The van der Waals surface area contributed by atoms with Gasteiger partial charge in [-0.1, -0.05) is 19.9 Å². The predicted molar refractivity (Wildman–Crippen MR) is 95.6 cm³/mol. The summed E-state index contributed by atoms with van der Waals surface area (Å²) in [4.78, 5) is 32.5. The van der Waals surface area contributed by atoms with Crippen molar-refractivity contribution >= 4 is 34.6 Å². The lowest BCUT2D eigenvalue weighted by molar-refractivity contribution is -0.150. The van der Waals surface area contributed by atoms with Crippen molar-refractivity contribution in [2.75, 3.05) is 13.1 Å². The normalized spacial score (nSPS) is 20.8. The number of aliphatic carboxylic acids is 1. The fraction of sp³-hybridized carbons (Fsp3) is 0.471. The van der Waals surface area contributed by atoms with Gasteiger partial charge in [-0.25, -0.2) is 4.98 Å². The third-order valence-electron chi connectivity index (χ3n) is 4.84. The highest BCUT2D eigenvalue weighted by Gasteiger charge is 2.48. The monoisotopic (exact) mass is 364 g/mol. The molecule has 24 heavy (non-hydrogen) atoms. The number of carboxylic acids is 1. The van der Waals surface area contributed by atoms with Crippen LogP contribution in [0.5, 0.6) is 0 Å². The van der Waals surface area contributed by atoms with Crippen molar-refractivity contribution in [3.8, 4) is 9.88 Å². The molecule has 2 aromatic heterocycles. The lowest BCUT2D eigenvalue weighted by Gasteiger charge is -2.28. The topological polar surface area (TPSA) is 70.5 Å². The van der Waals surface area contributed by atoms with Gasteiger partial charge in [0.1, 0.15) is 9.88 Å². The van der Waals surface area contributed by atoms with Gasteiger partial charge in [0.2, 0.25) is 0 Å². The van der Waals surface area contributed by atoms with Crippen LogP contribution in [-0.2, 0) is 4.79 Å². The van der Waals surface area contributed by atoms with Gasteiger partial charge in [0.15, 0.2) is 0 Å². The number of aryl methyl sites for hydroxylation is 1. The summed E-state index contributed by atoms with van der Waals surface area (Å²) in [7, 11) is 0. The number of carbonyl (C=O) groups excluding carboxylic acids is 1. The second kappa shape index (κ2) is 6.29. The summed E-state index contributed by atoms with van der Waals surface area (Å²) in [6.07, 6.45) is 0.501. The van der Waals surface area contributed by atoms with Crippen LogP contribution in [0.25, 0.3) is 9.88 Å². The second-order valence-electron chi connectivity index (χ2n) is 6.50. The summed E-state index contributed by atoms with van der Waals surface area (Å²) in [5.74, 6) is -0.929. The molecule has 1 saturated heterocycles. The highest BCUT2D eigenvalue weighted by molar-refractivity contribution is 7.22. The number of amides is 1. The van der Waals surface area contributed by atoms with Crippen LogP contribution < -0.4 is 0 Å². The zero-order valence-electron chi connectivity index (χ0n) is 13.9. The molecule has 0 saturated carbocycles. The molecular formula is C17H20N2O3S2. The standard InChI is InChI=1S/C17H20N2O3S2/c1-10(2)17(16(21)22)6-7-19(9-17)15(20)13-11(3)18-14(24-13)12-5-4-8-23-12/h4-5,8,10H,6-7,9H2,1-3H3,(H,21,22). The molecule has 7 heteroatoms. The van der Waals surface area contributed by atoms with Crippen molar-refractivity contribution in [2.24, 2.45) is 11.3 Å². The van der Waals surface area contributed by atoms with Crippen molar-refractivity contribution < 1.29 is 14.7 Å². The maximum atomic E-state index is 12.9. The summed E-state index contributed by atoms with van der Waals surface area (Å²) in [5, 5.41) is 12.5. The summed E-state index contributed by atoms with van der Waals surface area (Å²) in [5.41, 5.74) is -0.129. The Kier molecular flexibility index (Phi) is 4.48. The molecule has 5 nitrogen and oxygen atoms in total. The molecule has 0 aliphatic carbocycles. The molecule has 1 fully saturated rings. The summed E-state index contributed by atoms with van der Waals surface area (Å²) >= 11 is 2.98. The minimum Gasteiger partial charge on any atom is -0.481 e. The molecule has 1 atom stereocenters. The lowest BCUT2D eigenvalue weighted by Crippen LogP contribution is -2.40. The molecule has 0 aromatic carbocycles. The quantitative estimate of drug-likeness (QED) is 0.897. The first kappa shape index (κ1) is 17.1. The van der Waals surface area contributed by atoms with E-state index in [1.54, 1.807) is 16.2 Å². The van der Waals surface area contributed by atoms with E-state index in [1.807, 2.05) is 38.3 Å². The first-order valence-corrected chi connectivity index (χ1v) is 9.59. The average Bonchev–Trinajstić information content (AvgIpc) is 3.25. The van der Waals surface area contributed by atoms with Crippen LogP contribution in [0, 0.1) is 18.3 Å². The van der Waals surface area contributed by atoms with Crippen LogP contribution in [0.4, 0.5) is 0 Å². The van der Waals surface area contributed by atoms with Gasteiger partial charge in [-0.15, -0.1) is 22.7 Å². The van der Waals surface area contributed by atoms with E-state index in [1.165, 1.54) is 11.3 Å². The summed E-state index contributed by atoms with van der Waals surface area (Å²) < 4.78 is 0. The first-order valence-electron chi connectivity index (χ1n) is 7.89. The minimum atomic E-state index is -0.842. The van der Waals surface area contributed by atoms with Crippen molar-refractivity contribution in [3.05, 3.63) is 28.1 Å². The van der Waals surface area contributed by atoms with Crippen molar-refractivity contribution in [2.45, 2.75) is 27.2 Å². The molecule has 2 aromatic rings. The zero-order valence-corrected chi connectivity index (χ0v) is 15.5. The second-order valence-corrected chi connectivity index (χ2v) is 8.45. The van der Waals surface area contributed by atoms with E-state index in [0.29, 0.717) is 23.5 Å². The van der Waals surface area contributed by atoms with Gasteiger partial charge in [0, 0.05) is 13.1 Å². The van der Waals surface area contributed by atoms with Crippen LogP contribution in [0.3, 0.4) is 0 Å². The molecule has 1 amide bonds. The van der Waals surface area contributed by atoms with Gasteiger partial charge in [0.25, 0.3) is 5.91 Å². The Morgan fingerprint density at radius 1 is 1.42 bits per heavy atom. The number of hydrogen-bond acceptors (Lipinski definition) is 5. The molecular weight excluding hydrogens is 344 g/mol. The van der Waals surface area contributed by atoms with Crippen LogP contribution >= 0.6 is 22.7 Å². The third-order valence-corrected chi connectivity index (χ3v) is 7.03. The Balaban J connectivity index is 1.85.